The molecular formula is C26H29NO. The lowest BCUT2D eigenvalue weighted by Gasteiger charge is -2.23. The Balaban J connectivity index is 1.79. The van der Waals surface area contributed by atoms with Gasteiger partial charge in [0.2, 0.25) is 5.91 Å². The lowest BCUT2D eigenvalue weighted by Crippen LogP contribution is -2.30. The highest BCUT2D eigenvalue weighted by Crippen LogP contribution is 2.29. The van der Waals surface area contributed by atoms with E-state index in [4.69, 9.17) is 0 Å². The van der Waals surface area contributed by atoms with Gasteiger partial charge in [0, 0.05) is 12.3 Å². The molecule has 2 heteroatoms. The van der Waals surface area contributed by atoms with E-state index in [-0.39, 0.29) is 17.9 Å². The Labute approximate surface area is 168 Å². The molecule has 0 aliphatic heterocycles. The molecule has 1 unspecified atom stereocenters. The summed E-state index contributed by atoms with van der Waals surface area (Å²) in [6, 6.07) is 30.9. The summed E-state index contributed by atoms with van der Waals surface area (Å²) in [6.07, 6.45) is 1.37. The fraction of sp³-hybridized carbons (Fsp3) is 0.269. The molecule has 0 aliphatic carbocycles. The van der Waals surface area contributed by atoms with Crippen LogP contribution >= 0.6 is 0 Å². The maximum absolute atomic E-state index is 13.1. The molecule has 0 saturated carbocycles. The number of nitrogens with one attached hydrogen (secondary N) is 1. The minimum atomic E-state index is 0.0425. The number of hydrogen-bond donors (Lipinski definition) is 1. The van der Waals surface area contributed by atoms with Crippen molar-refractivity contribution in [3.05, 3.63) is 108 Å². The monoisotopic (exact) mass is 371 g/mol. The van der Waals surface area contributed by atoms with Gasteiger partial charge in [-0.3, -0.25) is 4.79 Å². The van der Waals surface area contributed by atoms with Gasteiger partial charge in [0.1, 0.15) is 0 Å². The van der Waals surface area contributed by atoms with Crippen LogP contribution in [0.4, 0.5) is 0 Å². The molecule has 1 amide bonds. The van der Waals surface area contributed by atoms with Crippen molar-refractivity contribution in [3.8, 4) is 0 Å². The van der Waals surface area contributed by atoms with Crippen LogP contribution in [0.15, 0.2) is 91.0 Å². The second kappa shape index (κ2) is 9.89. The highest BCUT2D eigenvalue weighted by atomic mass is 16.1. The first kappa shape index (κ1) is 19.9. The van der Waals surface area contributed by atoms with Crippen LogP contribution in [0.2, 0.25) is 0 Å². The van der Waals surface area contributed by atoms with Crippen LogP contribution in [-0.4, -0.2) is 5.91 Å². The summed E-state index contributed by atoms with van der Waals surface area (Å²) in [5.74, 6) is 0.648. The number of benzene rings is 3. The van der Waals surface area contributed by atoms with Gasteiger partial charge in [-0.25, -0.2) is 0 Å². The van der Waals surface area contributed by atoms with Crippen LogP contribution in [0.1, 0.15) is 55.3 Å². The fourth-order valence-electron chi connectivity index (χ4n) is 3.67. The van der Waals surface area contributed by atoms with Crippen molar-refractivity contribution in [2.75, 3.05) is 0 Å². The van der Waals surface area contributed by atoms with Gasteiger partial charge in [-0.05, 0) is 29.0 Å². The number of carbonyl (C=O) groups is 1. The Morgan fingerprint density at radius 3 is 1.57 bits per heavy atom. The lowest BCUT2D eigenvalue weighted by atomic mass is 9.88. The fourth-order valence-corrected chi connectivity index (χ4v) is 3.67. The Bertz CT molecular complexity index is 804. The molecule has 2 nitrogen and oxygen atoms in total. The number of amides is 1. The van der Waals surface area contributed by atoms with E-state index in [1.165, 1.54) is 16.7 Å². The largest absolute Gasteiger partial charge is 0.349 e. The van der Waals surface area contributed by atoms with Gasteiger partial charge >= 0.3 is 0 Å². The molecule has 0 bridgehead atoms. The summed E-state index contributed by atoms with van der Waals surface area (Å²) >= 11 is 0. The van der Waals surface area contributed by atoms with Crippen molar-refractivity contribution in [2.45, 2.75) is 38.6 Å². The topological polar surface area (TPSA) is 29.1 Å². The van der Waals surface area contributed by atoms with Gasteiger partial charge < -0.3 is 5.32 Å². The van der Waals surface area contributed by atoms with E-state index in [0.29, 0.717) is 12.3 Å². The Morgan fingerprint density at radius 1 is 0.714 bits per heavy atom. The average Bonchev–Trinajstić information content (AvgIpc) is 2.73. The molecule has 0 aromatic heterocycles. The first-order chi connectivity index (χ1) is 13.6. The van der Waals surface area contributed by atoms with E-state index < -0.39 is 0 Å². The van der Waals surface area contributed by atoms with Crippen molar-refractivity contribution in [1.29, 1.82) is 0 Å². The predicted octanol–water partition coefficient (Wildman–Crippen LogP) is 6.11. The molecule has 0 fully saturated rings. The number of rotatable bonds is 8. The van der Waals surface area contributed by atoms with Gasteiger partial charge in [-0.15, -0.1) is 0 Å². The molecule has 3 aromatic rings. The van der Waals surface area contributed by atoms with Crippen LogP contribution in [0.5, 0.6) is 0 Å². The second-order valence-electron chi connectivity index (χ2n) is 7.74. The van der Waals surface area contributed by atoms with Crippen LogP contribution in [-0.2, 0) is 4.79 Å². The molecule has 0 spiro atoms. The van der Waals surface area contributed by atoms with Crippen molar-refractivity contribution in [2.24, 2.45) is 5.92 Å². The molecule has 0 radical (unpaired) electrons. The van der Waals surface area contributed by atoms with Crippen LogP contribution < -0.4 is 5.32 Å². The normalized spacial score (nSPS) is 12.1. The first-order valence-electron chi connectivity index (χ1n) is 10.1. The minimum absolute atomic E-state index is 0.0425. The smallest absolute Gasteiger partial charge is 0.221 e. The van der Waals surface area contributed by atoms with Crippen molar-refractivity contribution < 1.29 is 4.79 Å². The second-order valence-corrected chi connectivity index (χ2v) is 7.74. The molecule has 0 heterocycles. The highest BCUT2D eigenvalue weighted by molar-refractivity contribution is 5.78. The van der Waals surface area contributed by atoms with E-state index in [9.17, 15) is 4.79 Å². The molecule has 28 heavy (non-hydrogen) atoms. The summed E-state index contributed by atoms with van der Waals surface area (Å²) in [4.78, 5) is 13.1. The van der Waals surface area contributed by atoms with Crippen molar-refractivity contribution in [3.63, 3.8) is 0 Å². The van der Waals surface area contributed by atoms with Gasteiger partial charge in [0.25, 0.3) is 0 Å². The van der Waals surface area contributed by atoms with Gasteiger partial charge in [0.15, 0.2) is 0 Å². The average molecular weight is 372 g/mol. The van der Waals surface area contributed by atoms with E-state index in [2.05, 4.69) is 55.6 Å². The summed E-state index contributed by atoms with van der Waals surface area (Å²) < 4.78 is 0. The predicted molar refractivity (Wildman–Crippen MR) is 116 cm³/mol. The molecule has 1 N–H and O–H groups in total. The van der Waals surface area contributed by atoms with Crippen LogP contribution in [0.3, 0.4) is 0 Å². The quantitative estimate of drug-likeness (QED) is 0.508. The highest BCUT2D eigenvalue weighted by Gasteiger charge is 2.21. The third-order valence-corrected chi connectivity index (χ3v) is 5.04. The zero-order valence-electron chi connectivity index (χ0n) is 16.7. The summed E-state index contributed by atoms with van der Waals surface area (Å²) in [6.45, 7) is 4.39. The maximum Gasteiger partial charge on any atom is 0.221 e. The maximum atomic E-state index is 13.1. The first-order valence-corrected chi connectivity index (χ1v) is 10.1. The molecular weight excluding hydrogens is 342 g/mol. The Kier molecular flexibility index (Phi) is 7.02. The third kappa shape index (κ3) is 5.56. The van der Waals surface area contributed by atoms with E-state index in [0.717, 1.165) is 6.42 Å². The van der Waals surface area contributed by atoms with E-state index in [1.807, 2.05) is 54.6 Å². The standard InChI is InChI=1S/C26H29NO/c1-20(2)18-25(23-16-10-5-11-17-23)27-26(28)19-24(21-12-6-3-7-13-21)22-14-8-4-9-15-22/h3-17,20,24-25H,18-19H2,1-2H3,(H,27,28). The molecule has 144 valence electrons. The molecule has 1 atom stereocenters. The number of hydrogen-bond acceptors (Lipinski definition) is 1. The van der Waals surface area contributed by atoms with Crippen LogP contribution in [0, 0.1) is 5.92 Å². The molecule has 0 aliphatic rings. The Morgan fingerprint density at radius 2 is 1.14 bits per heavy atom. The number of carbonyl (C=O) groups excluding carboxylic acids is 1. The Hall–Kier alpha value is -2.87. The van der Waals surface area contributed by atoms with Crippen LogP contribution in [0.25, 0.3) is 0 Å². The summed E-state index contributed by atoms with van der Waals surface area (Å²) in [5, 5.41) is 3.30. The SMILES string of the molecule is CC(C)CC(NC(=O)CC(c1ccccc1)c1ccccc1)c1ccccc1. The summed E-state index contributed by atoms with van der Waals surface area (Å²) in [5.41, 5.74) is 3.51. The third-order valence-electron chi connectivity index (χ3n) is 5.04. The summed E-state index contributed by atoms with van der Waals surface area (Å²) in [7, 11) is 0. The zero-order valence-corrected chi connectivity index (χ0v) is 16.7. The zero-order chi connectivity index (χ0) is 19.8. The van der Waals surface area contributed by atoms with Crippen molar-refractivity contribution >= 4 is 5.91 Å². The lowest BCUT2D eigenvalue weighted by molar-refractivity contribution is -0.122. The van der Waals surface area contributed by atoms with Gasteiger partial charge in [0.05, 0.1) is 6.04 Å². The van der Waals surface area contributed by atoms with Gasteiger partial charge in [-0.1, -0.05) is 105 Å². The molecule has 0 saturated heterocycles. The van der Waals surface area contributed by atoms with E-state index in [1.54, 1.807) is 0 Å². The van der Waals surface area contributed by atoms with E-state index >= 15 is 0 Å². The van der Waals surface area contributed by atoms with Crippen molar-refractivity contribution in [1.82, 2.24) is 5.32 Å². The minimum Gasteiger partial charge on any atom is -0.349 e. The molecule has 3 aromatic carbocycles. The van der Waals surface area contributed by atoms with Gasteiger partial charge in [-0.2, -0.15) is 0 Å². The molecule has 3 rings (SSSR count).